The minimum absolute atomic E-state index is 0.329. The molecule has 3 nitrogen and oxygen atoms in total. The lowest BCUT2D eigenvalue weighted by Crippen LogP contribution is -2.15. The maximum atomic E-state index is 12.6. The minimum atomic E-state index is -0.329. The zero-order valence-electron chi connectivity index (χ0n) is 22.8. The number of ether oxygens (including phenoxy) is 2. The van der Waals surface area contributed by atoms with Gasteiger partial charge < -0.3 is 9.47 Å². The van der Waals surface area contributed by atoms with Crippen molar-refractivity contribution in [1.82, 2.24) is 0 Å². The molecule has 0 aliphatic heterocycles. The van der Waals surface area contributed by atoms with Crippen molar-refractivity contribution in [3.8, 4) is 11.5 Å². The molecule has 0 atom stereocenters. The van der Waals surface area contributed by atoms with Crippen molar-refractivity contribution >= 4 is 5.97 Å². The van der Waals surface area contributed by atoms with Crippen molar-refractivity contribution in [2.75, 3.05) is 6.61 Å². The molecule has 36 heavy (non-hydrogen) atoms. The van der Waals surface area contributed by atoms with Gasteiger partial charge in [0.1, 0.15) is 11.5 Å². The molecule has 0 aromatic heterocycles. The maximum absolute atomic E-state index is 12.6. The highest BCUT2D eigenvalue weighted by Gasteiger charge is 2.20. The molecule has 0 radical (unpaired) electrons. The predicted molar refractivity (Wildman–Crippen MR) is 150 cm³/mol. The fourth-order valence-electron chi connectivity index (χ4n) is 5.41. The van der Waals surface area contributed by atoms with Gasteiger partial charge in [0, 0.05) is 0 Å². The van der Waals surface area contributed by atoms with Crippen LogP contribution < -0.4 is 9.47 Å². The molecule has 2 aromatic rings. The van der Waals surface area contributed by atoms with Crippen molar-refractivity contribution in [1.29, 1.82) is 0 Å². The molecular formula is C33H48O3. The van der Waals surface area contributed by atoms with E-state index < -0.39 is 0 Å². The first-order chi connectivity index (χ1) is 17.7. The molecular weight excluding hydrogens is 444 g/mol. The summed E-state index contributed by atoms with van der Waals surface area (Å²) in [6.45, 7) is 5.28. The number of hydrogen-bond acceptors (Lipinski definition) is 3. The number of benzene rings is 2. The van der Waals surface area contributed by atoms with Crippen LogP contribution >= 0.6 is 0 Å². The summed E-state index contributed by atoms with van der Waals surface area (Å²) < 4.78 is 11.4. The monoisotopic (exact) mass is 492 g/mol. The molecule has 1 aliphatic carbocycles. The van der Waals surface area contributed by atoms with Gasteiger partial charge in [-0.1, -0.05) is 103 Å². The lowest BCUT2D eigenvalue weighted by atomic mass is 9.78. The number of unbranched alkanes of at least 4 members (excludes halogenated alkanes) is 6. The number of esters is 1. The summed E-state index contributed by atoms with van der Waals surface area (Å²) in [7, 11) is 0. The van der Waals surface area contributed by atoms with E-state index in [1.807, 2.05) is 24.3 Å². The van der Waals surface area contributed by atoms with Crippen molar-refractivity contribution in [2.45, 2.75) is 110 Å². The molecule has 0 amide bonds. The van der Waals surface area contributed by atoms with E-state index in [2.05, 4.69) is 26.0 Å². The van der Waals surface area contributed by atoms with Gasteiger partial charge in [-0.2, -0.15) is 0 Å². The highest BCUT2D eigenvalue weighted by Crippen LogP contribution is 2.34. The predicted octanol–water partition coefficient (Wildman–Crippen LogP) is 9.57. The van der Waals surface area contributed by atoms with Gasteiger partial charge in [0.25, 0.3) is 0 Å². The highest BCUT2D eigenvalue weighted by atomic mass is 16.5. The second-order valence-corrected chi connectivity index (χ2v) is 10.7. The normalized spacial score (nSPS) is 17.6. The standard InChI is InChI=1S/C33H48O3/c1-3-5-6-7-8-9-10-26-35-31-24-20-30(21-25-31)33(34)36-32-22-18-29(19-23-32)17-16-28-14-12-27(11-4-2)13-15-28/h18-25,27-28H,3-17,26H2,1-2H3/t27-,28-. The summed E-state index contributed by atoms with van der Waals surface area (Å²) in [5.41, 5.74) is 1.87. The Morgan fingerprint density at radius 2 is 1.28 bits per heavy atom. The van der Waals surface area contributed by atoms with E-state index in [1.54, 1.807) is 12.1 Å². The van der Waals surface area contributed by atoms with Crippen LogP contribution in [0.1, 0.15) is 120 Å². The van der Waals surface area contributed by atoms with Crippen molar-refractivity contribution in [2.24, 2.45) is 11.8 Å². The summed E-state index contributed by atoms with van der Waals surface area (Å²) in [6.07, 6.45) is 19.6. The van der Waals surface area contributed by atoms with E-state index in [0.29, 0.717) is 11.3 Å². The molecule has 0 saturated heterocycles. The van der Waals surface area contributed by atoms with E-state index in [1.165, 1.54) is 89.0 Å². The van der Waals surface area contributed by atoms with E-state index in [0.717, 1.165) is 37.0 Å². The third kappa shape index (κ3) is 10.4. The Hall–Kier alpha value is -2.29. The van der Waals surface area contributed by atoms with E-state index in [-0.39, 0.29) is 5.97 Å². The third-order valence-corrected chi connectivity index (χ3v) is 7.75. The molecule has 3 rings (SSSR count). The average molecular weight is 493 g/mol. The molecule has 0 spiro atoms. The van der Waals surface area contributed by atoms with Gasteiger partial charge in [-0.25, -0.2) is 4.79 Å². The average Bonchev–Trinajstić information content (AvgIpc) is 2.91. The van der Waals surface area contributed by atoms with Gasteiger partial charge >= 0.3 is 5.97 Å². The molecule has 0 N–H and O–H groups in total. The molecule has 2 aromatic carbocycles. The number of rotatable bonds is 16. The van der Waals surface area contributed by atoms with E-state index in [4.69, 9.17) is 9.47 Å². The first-order valence-corrected chi connectivity index (χ1v) is 14.7. The molecule has 1 fully saturated rings. The van der Waals surface area contributed by atoms with Crippen LogP contribution in [0.4, 0.5) is 0 Å². The smallest absolute Gasteiger partial charge is 0.343 e. The SMILES string of the molecule is CCCCCCCCCOc1ccc(C(=O)Oc2ccc(CC[C@H]3CC[C@H](CCC)CC3)cc2)cc1. The van der Waals surface area contributed by atoms with E-state index >= 15 is 0 Å². The lowest BCUT2D eigenvalue weighted by Gasteiger charge is -2.28. The molecule has 1 saturated carbocycles. The van der Waals surface area contributed by atoms with Gasteiger partial charge in [0.05, 0.1) is 12.2 Å². The Balaban J connectivity index is 1.33. The Morgan fingerprint density at radius 1 is 0.694 bits per heavy atom. The van der Waals surface area contributed by atoms with Crippen LogP contribution in [-0.4, -0.2) is 12.6 Å². The van der Waals surface area contributed by atoms with Gasteiger partial charge in [-0.3, -0.25) is 0 Å². The van der Waals surface area contributed by atoms with Crippen LogP contribution in [0, 0.1) is 11.8 Å². The molecule has 0 unspecified atom stereocenters. The second kappa shape index (κ2) is 16.5. The second-order valence-electron chi connectivity index (χ2n) is 10.7. The summed E-state index contributed by atoms with van der Waals surface area (Å²) >= 11 is 0. The zero-order valence-corrected chi connectivity index (χ0v) is 22.8. The fourth-order valence-corrected chi connectivity index (χ4v) is 5.41. The Morgan fingerprint density at radius 3 is 1.92 bits per heavy atom. The summed E-state index contributed by atoms with van der Waals surface area (Å²) in [4.78, 5) is 12.6. The molecule has 198 valence electrons. The fraction of sp³-hybridized carbons (Fsp3) is 0.606. The quantitative estimate of drug-likeness (QED) is 0.133. The highest BCUT2D eigenvalue weighted by molar-refractivity contribution is 5.91. The summed E-state index contributed by atoms with van der Waals surface area (Å²) in [5, 5.41) is 0. The molecule has 1 aliphatic rings. The number of carbonyl (C=O) groups excluding carboxylic acids is 1. The first kappa shape index (κ1) is 28.3. The van der Waals surface area contributed by atoms with Gasteiger partial charge in [0.2, 0.25) is 0 Å². The summed E-state index contributed by atoms with van der Waals surface area (Å²) in [5.74, 6) is 2.92. The van der Waals surface area contributed by atoms with Crippen LogP contribution in [0.15, 0.2) is 48.5 Å². The van der Waals surface area contributed by atoms with Gasteiger partial charge in [-0.05, 0) is 73.1 Å². The third-order valence-electron chi connectivity index (χ3n) is 7.75. The van der Waals surface area contributed by atoms with E-state index in [9.17, 15) is 4.79 Å². The molecule has 0 heterocycles. The van der Waals surface area contributed by atoms with Crippen LogP contribution in [0.5, 0.6) is 11.5 Å². The van der Waals surface area contributed by atoms with Crippen molar-refractivity contribution < 1.29 is 14.3 Å². The maximum Gasteiger partial charge on any atom is 0.343 e. The van der Waals surface area contributed by atoms with Crippen molar-refractivity contribution in [3.63, 3.8) is 0 Å². The minimum Gasteiger partial charge on any atom is -0.494 e. The number of carbonyl (C=O) groups is 1. The van der Waals surface area contributed by atoms with Crippen molar-refractivity contribution in [3.05, 3.63) is 59.7 Å². The zero-order chi connectivity index (χ0) is 25.4. The number of hydrogen-bond donors (Lipinski definition) is 0. The van der Waals surface area contributed by atoms with Crippen LogP contribution in [-0.2, 0) is 6.42 Å². The largest absolute Gasteiger partial charge is 0.494 e. The van der Waals surface area contributed by atoms with Crippen LogP contribution in [0.3, 0.4) is 0 Å². The van der Waals surface area contributed by atoms with Gasteiger partial charge in [0.15, 0.2) is 0 Å². The number of aryl methyl sites for hydroxylation is 1. The summed E-state index contributed by atoms with van der Waals surface area (Å²) in [6, 6.07) is 15.3. The van der Waals surface area contributed by atoms with Crippen LogP contribution in [0.25, 0.3) is 0 Å². The molecule has 3 heteroatoms. The molecule has 0 bridgehead atoms. The Kier molecular flexibility index (Phi) is 12.9. The Bertz CT molecular complexity index is 848. The lowest BCUT2D eigenvalue weighted by molar-refractivity contribution is 0.0734. The first-order valence-electron chi connectivity index (χ1n) is 14.7. The Labute approximate surface area is 220 Å². The van der Waals surface area contributed by atoms with Gasteiger partial charge in [-0.15, -0.1) is 0 Å². The topological polar surface area (TPSA) is 35.5 Å². The van der Waals surface area contributed by atoms with Crippen LogP contribution in [0.2, 0.25) is 0 Å².